The Morgan fingerprint density at radius 1 is 1.30 bits per heavy atom. The van der Waals surface area contributed by atoms with E-state index in [1.165, 1.54) is 38.4 Å². The Bertz CT molecular complexity index is 1370. The normalized spacial score (nSPS) is 14.2. The van der Waals surface area contributed by atoms with E-state index >= 15 is 0 Å². The van der Waals surface area contributed by atoms with Gasteiger partial charge in [-0.1, -0.05) is 11.6 Å². The second kappa shape index (κ2) is 11.4. The number of nitrogen functional groups attached to an aromatic ring is 1. The summed E-state index contributed by atoms with van der Waals surface area (Å²) in [4.78, 5) is 25.0. The molecule has 0 radical (unpaired) electrons. The van der Waals surface area contributed by atoms with Crippen molar-refractivity contribution in [1.29, 1.82) is 5.26 Å². The molecule has 0 saturated carbocycles. The van der Waals surface area contributed by atoms with Gasteiger partial charge >= 0.3 is 13.5 Å². The zero-order valence-corrected chi connectivity index (χ0v) is 22.8. The number of rotatable bonds is 11. The highest BCUT2D eigenvalue weighted by molar-refractivity contribution is 7.57. The highest BCUT2D eigenvalue weighted by Gasteiger charge is 2.40. The van der Waals surface area contributed by atoms with Crippen molar-refractivity contribution in [1.82, 2.24) is 24.6 Å². The number of carbonyl (C=O) groups excluding carboxylic acids is 1. The zero-order chi connectivity index (χ0) is 27.4. The van der Waals surface area contributed by atoms with E-state index in [-0.39, 0.29) is 28.3 Å². The van der Waals surface area contributed by atoms with Crippen LogP contribution in [0.15, 0.2) is 30.9 Å². The molecule has 0 aliphatic carbocycles. The molecule has 12 nitrogen and oxygen atoms in total. The number of nitrogens with one attached hydrogen (secondary N) is 1. The molecule has 14 heteroatoms. The highest BCUT2D eigenvalue weighted by atomic mass is 35.5. The Labute approximate surface area is 219 Å². The quantitative estimate of drug-likeness (QED) is 0.263. The third-order valence-corrected chi connectivity index (χ3v) is 7.25. The number of aromatic nitrogens is 4. The van der Waals surface area contributed by atoms with Crippen molar-refractivity contribution in [2.75, 3.05) is 12.1 Å². The van der Waals surface area contributed by atoms with E-state index in [1.54, 1.807) is 31.7 Å². The number of hydrogen-bond donors (Lipinski definition) is 2. The van der Waals surface area contributed by atoms with E-state index < -0.39 is 31.5 Å². The number of imidazole rings is 1. The predicted octanol–water partition coefficient (Wildman–Crippen LogP) is 3.89. The summed E-state index contributed by atoms with van der Waals surface area (Å²) in [6, 6.07) is 6.24. The number of anilines is 1. The van der Waals surface area contributed by atoms with Gasteiger partial charge in [-0.2, -0.15) is 5.26 Å². The Kier molecular flexibility index (Phi) is 8.76. The molecule has 1 aromatic carbocycles. The molecule has 3 aromatic rings. The highest BCUT2D eigenvalue weighted by Crippen LogP contribution is 2.46. The van der Waals surface area contributed by atoms with Gasteiger partial charge in [0, 0.05) is 0 Å². The van der Waals surface area contributed by atoms with Gasteiger partial charge in [-0.05, 0) is 52.8 Å². The Hall–Kier alpha value is -3.23. The Morgan fingerprint density at radius 2 is 2.03 bits per heavy atom. The third-order valence-electron chi connectivity index (χ3n) is 5.03. The number of carbonyl (C=O) groups is 1. The molecule has 3 N–H and O–H groups in total. The molecule has 2 heterocycles. The summed E-state index contributed by atoms with van der Waals surface area (Å²) in [6.07, 6.45) is 1.65. The lowest BCUT2D eigenvalue weighted by Crippen LogP contribution is -2.48. The van der Waals surface area contributed by atoms with Crippen LogP contribution in [0.25, 0.3) is 11.2 Å². The topological polar surface area (TPSA) is 167 Å². The first-order valence-corrected chi connectivity index (χ1v) is 13.5. The molecule has 198 valence electrons. The number of esters is 1. The molecule has 0 saturated heterocycles. The van der Waals surface area contributed by atoms with Crippen LogP contribution in [0.1, 0.15) is 40.2 Å². The fourth-order valence-electron chi connectivity index (χ4n) is 3.32. The number of nitriles is 1. The van der Waals surface area contributed by atoms with E-state index in [0.717, 1.165) is 0 Å². The van der Waals surface area contributed by atoms with Gasteiger partial charge in [0.2, 0.25) is 0 Å². The summed E-state index contributed by atoms with van der Waals surface area (Å²) in [5.41, 5.74) is 5.60. The molecule has 0 spiro atoms. The van der Waals surface area contributed by atoms with E-state index in [4.69, 9.17) is 31.3 Å². The van der Waals surface area contributed by atoms with Crippen LogP contribution in [0.3, 0.4) is 0 Å². The molecule has 0 aliphatic rings. The lowest BCUT2D eigenvalue weighted by molar-refractivity contribution is -0.153. The average molecular weight is 550 g/mol. The van der Waals surface area contributed by atoms with Crippen LogP contribution in [-0.2, 0) is 25.4 Å². The van der Waals surface area contributed by atoms with Gasteiger partial charge in [-0.3, -0.25) is 9.36 Å². The number of nitrogens with two attached hydrogens (primary N) is 1. The van der Waals surface area contributed by atoms with Gasteiger partial charge in [-0.25, -0.2) is 20.0 Å². The van der Waals surface area contributed by atoms with Gasteiger partial charge in [0.15, 0.2) is 11.5 Å². The SMILES string of the molecule is CC(C)OC(=O)C(C)(C)NP(=O)(CO[C@H](C)Cn1cnc2c(N)ncnc21)Oc1ccc(Cl)c(C#N)c1. The minimum atomic E-state index is -3.90. The van der Waals surface area contributed by atoms with Crippen LogP contribution in [0, 0.1) is 11.3 Å². The fraction of sp³-hybridized carbons (Fsp3) is 0.435. The van der Waals surface area contributed by atoms with Crippen molar-refractivity contribution in [3.8, 4) is 11.8 Å². The van der Waals surface area contributed by atoms with Gasteiger partial charge in [-0.15, -0.1) is 0 Å². The van der Waals surface area contributed by atoms with Crippen LogP contribution < -0.4 is 15.3 Å². The number of halogens is 1. The number of benzene rings is 1. The number of fused-ring (bicyclic) bond motifs is 1. The van der Waals surface area contributed by atoms with Crippen molar-refractivity contribution >= 4 is 42.1 Å². The second-order valence-electron chi connectivity index (χ2n) is 9.14. The number of ether oxygens (including phenoxy) is 2. The monoisotopic (exact) mass is 549 g/mol. The first-order valence-electron chi connectivity index (χ1n) is 11.4. The standard InChI is InChI=1S/C23H29ClN7O5P/c1-14(2)35-22(32)23(4,5)30-37(33,36-17-6-7-18(24)16(8-17)9-25)13-34-15(3)10-31-12-29-19-20(26)27-11-28-21(19)31/h6-8,11-12,14-15H,10,13H2,1-5H3,(H,30,33)(H2,26,27,28)/t15-,37?/m1/s1. The van der Waals surface area contributed by atoms with Crippen LogP contribution >= 0.6 is 19.1 Å². The van der Waals surface area contributed by atoms with E-state index in [9.17, 15) is 14.6 Å². The predicted molar refractivity (Wildman–Crippen MR) is 138 cm³/mol. The molecule has 2 atom stereocenters. The molecule has 0 fully saturated rings. The third kappa shape index (κ3) is 7.17. The summed E-state index contributed by atoms with van der Waals surface area (Å²) in [5.74, 6) is -0.237. The van der Waals surface area contributed by atoms with Gasteiger partial charge in [0.1, 0.15) is 35.5 Å². The minimum Gasteiger partial charge on any atom is -0.462 e. The smallest absolute Gasteiger partial charge is 0.342 e. The fourth-order valence-corrected chi connectivity index (χ4v) is 5.49. The summed E-state index contributed by atoms with van der Waals surface area (Å²) >= 11 is 6.01. The largest absolute Gasteiger partial charge is 0.462 e. The van der Waals surface area contributed by atoms with Gasteiger partial charge < -0.3 is 24.3 Å². The van der Waals surface area contributed by atoms with E-state index in [2.05, 4.69) is 20.0 Å². The minimum absolute atomic E-state index is 0.119. The van der Waals surface area contributed by atoms with Crippen molar-refractivity contribution < 1.29 is 23.4 Å². The van der Waals surface area contributed by atoms with Crippen LogP contribution in [0.2, 0.25) is 5.02 Å². The maximum atomic E-state index is 14.0. The summed E-state index contributed by atoms with van der Waals surface area (Å²) in [6.45, 7) is 8.57. The molecule has 37 heavy (non-hydrogen) atoms. The Balaban J connectivity index is 1.81. The van der Waals surface area contributed by atoms with E-state index in [1.807, 2.05) is 6.07 Å². The first-order chi connectivity index (χ1) is 17.3. The molecule has 0 amide bonds. The number of hydrogen-bond acceptors (Lipinski definition) is 10. The van der Waals surface area contributed by atoms with Gasteiger partial charge in [0.05, 0.1) is 35.7 Å². The Morgan fingerprint density at radius 3 is 2.70 bits per heavy atom. The average Bonchev–Trinajstić information content (AvgIpc) is 3.22. The lowest BCUT2D eigenvalue weighted by atomic mass is 10.1. The molecule has 3 rings (SSSR count). The van der Waals surface area contributed by atoms with Crippen LogP contribution in [0.4, 0.5) is 5.82 Å². The van der Waals surface area contributed by atoms with Crippen LogP contribution in [-0.4, -0.2) is 49.6 Å². The van der Waals surface area contributed by atoms with Crippen molar-refractivity contribution in [2.24, 2.45) is 0 Å². The molecule has 0 bridgehead atoms. The summed E-state index contributed by atoms with van der Waals surface area (Å²) < 4.78 is 32.7. The maximum Gasteiger partial charge on any atom is 0.342 e. The molecular formula is C23H29ClN7O5P. The maximum absolute atomic E-state index is 14.0. The van der Waals surface area contributed by atoms with E-state index in [0.29, 0.717) is 17.7 Å². The first kappa shape index (κ1) is 28.3. The number of nitrogens with zero attached hydrogens (tertiary/aromatic N) is 5. The molecule has 1 unspecified atom stereocenters. The summed E-state index contributed by atoms with van der Waals surface area (Å²) in [5, 5.41) is 12.3. The molecule has 0 aliphatic heterocycles. The lowest BCUT2D eigenvalue weighted by Gasteiger charge is -2.31. The van der Waals surface area contributed by atoms with Gasteiger partial charge in [0.25, 0.3) is 0 Å². The zero-order valence-electron chi connectivity index (χ0n) is 21.1. The second-order valence-corrected chi connectivity index (χ2v) is 11.6. The van der Waals surface area contributed by atoms with Crippen molar-refractivity contribution in [3.05, 3.63) is 41.4 Å². The van der Waals surface area contributed by atoms with Crippen LogP contribution in [0.5, 0.6) is 5.75 Å². The molecular weight excluding hydrogens is 521 g/mol. The van der Waals surface area contributed by atoms with Crippen molar-refractivity contribution in [3.63, 3.8) is 0 Å². The molecule has 2 aromatic heterocycles. The van der Waals surface area contributed by atoms with Crippen molar-refractivity contribution in [2.45, 2.75) is 58.9 Å². The summed E-state index contributed by atoms with van der Waals surface area (Å²) in [7, 11) is -3.90.